The number of likely N-dealkylation sites (N-methyl/N-ethyl adjacent to an activating group) is 1. The predicted octanol–water partition coefficient (Wildman–Crippen LogP) is 2.91. The van der Waals surface area contributed by atoms with Crippen LogP contribution in [-0.2, 0) is 0 Å². The number of piperazine rings is 1. The van der Waals surface area contributed by atoms with E-state index in [1.807, 2.05) is 0 Å². The van der Waals surface area contributed by atoms with Crippen LogP contribution in [0.1, 0.15) is 0 Å². The van der Waals surface area contributed by atoms with Crippen molar-refractivity contribution < 1.29 is 4.74 Å². The first kappa shape index (κ1) is 16.1. The summed E-state index contributed by atoms with van der Waals surface area (Å²) in [5.74, 6) is 1.85. The summed E-state index contributed by atoms with van der Waals surface area (Å²) in [6, 6.07) is 5.23. The molecule has 2 heterocycles. The molecule has 2 aromatic rings. The van der Waals surface area contributed by atoms with Crippen molar-refractivity contribution in [3.63, 3.8) is 0 Å². The van der Waals surface area contributed by atoms with Crippen LogP contribution >= 0.6 is 23.2 Å². The van der Waals surface area contributed by atoms with Crippen LogP contribution in [0, 0.1) is 0 Å². The van der Waals surface area contributed by atoms with Crippen molar-refractivity contribution in [1.82, 2.24) is 14.9 Å². The molecule has 0 atom stereocenters. The van der Waals surface area contributed by atoms with Crippen LogP contribution in [0.2, 0.25) is 10.0 Å². The summed E-state index contributed by atoms with van der Waals surface area (Å²) in [7, 11) is 2.09. The fourth-order valence-electron chi connectivity index (χ4n) is 2.37. The second-order valence-corrected chi connectivity index (χ2v) is 6.15. The Hall–Kier alpha value is -1.76. The third-order valence-electron chi connectivity index (χ3n) is 3.69. The lowest BCUT2D eigenvalue weighted by Crippen LogP contribution is -2.45. The summed E-state index contributed by atoms with van der Waals surface area (Å²) in [5, 5.41) is 0.789. The smallest absolute Gasteiger partial charge is 0.222 e. The van der Waals surface area contributed by atoms with E-state index in [9.17, 15) is 0 Å². The van der Waals surface area contributed by atoms with E-state index in [2.05, 4.69) is 26.8 Å². The maximum atomic E-state index is 6.19. The third kappa shape index (κ3) is 3.60. The largest absolute Gasteiger partial charge is 0.450 e. The van der Waals surface area contributed by atoms with E-state index in [0.717, 1.165) is 26.2 Å². The van der Waals surface area contributed by atoms with Crippen LogP contribution in [0.4, 0.5) is 11.8 Å². The van der Waals surface area contributed by atoms with Crippen molar-refractivity contribution in [1.29, 1.82) is 0 Å². The minimum atomic E-state index is 0.212. The van der Waals surface area contributed by atoms with E-state index in [4.69, 9.17) is 33.7 Å². The molecule has 8 heteroatoms. The quantitative estimate of drug-likeness (QED) is 0.914. The normalized spacial score (nSPS) is 15.7. The zero-order valence-electron chi connectivity index (χ0n) is 12.7. The van der Waals surface area contributed by atoms with Crippen LogP contribution < -0.4 is 15.4 Å². The van der Waals surface area contributed by atoms with Crippen LogP contribution in [0.3, 0.4) is 0 Å². The molecular formula is C15H17Cl2N5O. The van der Waals surface area contributed by atoms with E-state index in [1.54, 1.807) is 24.4 Å². The van der Waals surface area contributed by atoms with Crippen molar-refractivity contribution in [2.45, 2.75) is 0 Å². The van der Waals surface area contributed by atoms with E-state index in [1.165, 1.54) is 0 Å². The topological polar surface area (TPSA) is 67.5 Å². The summed E-state index contributed by atoms with van der Waals surface area (Å²) in [4.78, 5) is 12.8. The monoisotopic (exact) mass is 353 g/mol. The number of hydrogen-bond donors (Lipinski definition) is 1. The molecule has 0 spiro atoms. The molecule has 1 aromatic heterocycles. The first-order valence-electron chi connectivity index (χ1n) is 7.22. The predicted molar refractivity (Wildman–Crippen MR) is 92.7 cm³/mol. The van der Waals surface area contributed by atoms with Gasteiger partial charge in [0.25, 0.3) is 0 Å². The lowest BCUT2D eigenvalue weighted by atomic mass is 10.3. The Morgan fingerprint density at radius 3 is 2.61 bits per heavy atom. The molecule has 0 radical (unpaired) electrons. The highest BCUT2D eigenvalue weighted by atomic mass is 35.5. The fourth-order valence-corrected chi connectivity index (χ4v) is 2.70. The van der Waals surface area contributed by atoms with Crippen molar-refractivity contribution >= 4 is 35.0 Å². The first-order chi connectivity index (χ1) is 11.0. The number of anilines is 2. The number of nitrogens with zero attached hydrogens (tertiary/aromatic N) is 4. The van der Waals surface area contributed by atoms with Gasteiger partial charge in [-0.1, -0.05) is 29.3 Å². The van der Waals surface area contributed by atoms with E-state index in [-0.39, 0.29) is 5.95 Å². The van der Waals surface area contributed by atoms with E-state index in [0.29, 0.717) is 27.4 Å². The molecule has 1 aromatic carbocycles. The molecule has 1 saturated heterocycles. The summed E-state index contributed by atoms with van der Waals surface area (Å²) >= 11 is 12.2. The number of nitrogen functional groups attached to an aromatic ring is 1. The molecule has 0 unspecified atom stereocenters. The van der Waals surface area contributed by atoms with Gasteiger partial charge in [-0.05, 0) is 19.2 Å². The molecule has 1 aliphatic rings. The lowest BCUT2D eigenvalue weighted by molar-refractivity contribution is 0.310. The van der Waals surface area contributed by atoms with Gasteiger partial charge in [0.2, 0.25) is 5.95 Å². The van der Waals surface area contributed by atoms with Gasteiger partial charge in [0, 0.05) is 26.2 Å². The molecule has 23 heavy (non-hydrogen) atoms. The molecule has 0 aliphatic carbocycles. The van der Waals surface area contributed by atoms with Gasteiger partial charge in [0.15, 0.2) is 11.6 Å². The van der Waals surface area contributed by atoms with Gasteiger partial charge in [-0.2, -0.15) is 4.98 Å². The molecule has 0 saturated carbocycles. The van der Waals surface area contributed by atoms with Crippen LogP contribution in [0.25, 0.3) is 0 Å². The van der Waals surface area contributed by atoms with Gasteiger partial charge in [-0.3, -0.25) is 0 Å². The maximum absolute atomic E-state index is 6.19. The zero-order valence-corrected chi connectivity index (χ0v) is 14.2. The summed E-state index contributed by atoms with van der Waals surface area (Å²) in [6.45, 7) is 3.57. The standard InChI is InChI=1S/C15H17Cl2N5O/c1-21-5-7-22(8-6-21)14-12(9-19-15(18)20-14)23-11-4-2-3-10(16)13(11)17/h2-4,9H,5-8H2,1H3,(H2,18,19,20). The molecule has 6 nitrogen and oxygen atoms in total. The van der Waals surface area contributed by atoms with Gasteiger partial charge in [0.1, 0.15) is 10.8 Å². The minimum Gasteiger partial charge on any atom is -0.450 e. The summed E-state index contributed by atoms with van der Waals surface area (Å²) in [6.07, 6.45) is 1.56. The molecule has 3 rings (SSSR count). The number of nitrogens with two attached hydrogens (primary N) is 1. The van der Waals surface area contributed by atoms with Gasteiger partial charge >= 0.3 is 0 Å². The Bertz CT molecular complexity index is 704. The van der Waals surface area contributed by atoms with E-state index < -0.39 is 0 Å². The van der Waals surface area contributed by atoms with Crippen LogP contribution in [-0.4, -0.2) is 48.1 Å². The van der Waals surface area contributed by atoms with Crippen molar-refractivity contribution in [2.75, 3.05) is 43.9 Å². The van der Waals surface area contributed by atoms with Crippen LogP contribution in [0.5, 0.6) is 11.5 Å². The number of rotatable bonds is 3. The van der Waals surface area contributed by atoms with Gasteiger partial charge in [-0.15, -0.1) is 0 Å². The molecule has 122 valence electrons. The number of ether oxygens (including phenoxy) is 1. The highest BCUT2D eigenvalue weighted by Gasteiger charge is 2.21. The second-order valence-electron chi connectivity index (χ2n) is 5.36. The van der Waals surface area contributed by atoms with Gasteiger partial charge in [-0.25, -0.2) is 4.98 Å². The first-order valence-corrected chi connectivity index (χ1v) is 7.98. The molecule has 1 aliphatic heterocycles. The highest BCUT2D eigenvalue weighted by molar-refractivity contribution is 6.42. The third-order valence-corrected chi connectivity index (χ3v) is 4.50. The molecule has 2 N–H and O–H groups in total. The van der Waals surface area contributed by atoms with E-state index >= 15 is 0 Å². The lowest BCUT2D eigenvalue weighted by Gasteiger charge is -2.33. The molecule has 0 bridgehead atoms. The minimum absolute atomic E-state index is 0.212. The Labute approximate surface area is 144 Å². The van der Waals surface area contributed by atoms with Gasteiger partial charge in [0.05, 0.1) is 11.2 Å². The van der Waals surface area contributed by atoms with Crippen molar-refractivity contribution in [3.05, 3.63) is 34.4 Å². The Kier molecular flexibility index (Phi) is 4.75. The molecule has 0 amide bonds. The Morgan fingerprint density at radius 1 is 1.13 bits per heavy atom. The molecule has 1 fully saturated rings. The Balaban J connectivity index is 1.91. The number of halogens is 2. The number of hydrogen-bond acceptors (Lipinski definition) is 6. The number of aromatic nitrogens is 2. The number of benzene rings is 1. The summed E-state index contributed by atoms with van der Waals surface area (Å²) in [5.41, 5.74) is 5.75. The Morgan fingerprint density at radius 2 is 1.87 bits per heavy atom. The average molecular weight is 354 g/mol. The van der Waals surface area contributed by atoms with Gasteiger partial charge < -0.3 is 20.3 Å². The maximum Gasteiger partial charge on any atom is 0.222 e. The van der Waals surface area contributed by atoms with Crippen molar-refractivity contribution in [3.8, 4) is 11.5 Å². The molecular weight excluding hydrogens is 337 g/mol. The van der Waals surface area contributed by atoms with Crippen molar-refractivity contribution in [2.24, 2.45) is 0 Å². The summed E-state index contributed by atoms with van der Waals surface area (Å²) < 4.78 is 5.90. The average Bonchev–Trinajstić information content (AvgIpc) is 2.54. The zero-order chi connectivity index (χ0) is 16.4. The fraction of sp³-hybridized carbons (Fsp3) is 0.333. The van der Waals surface area contributed by atoms with Crippen LogP contribution in [0.15, 0.2) is 24.4 Å². The highest BCUT2D eigenvalue weighted by Crippen LogP contribution is 2.37. The second kappa shape index (κ2) is 6.78. The SMILES string of the molecule is CN1CCN(c2nc(N)ncc2Oc2cccc(Cl)c2Cl)CC1.